The van der Waals surface area contributed by atoms with Gasteiger partial charge in [0.15, 0.2) is 11.6 Å². The summed E-state index contributed by atoms with van der Waals surface area (Å²) in [6, 6.07) is 15.9. The molecule has 0 heterocycles. The number of benzene rings is 3. The Balaban J connectivity index is 1.90. The highest BCUT2D eigenvalue weighted by Crippen LogP contribution is 2.28. The molecule has 0 aliphatic carbocycles. The highest BCUT2D eigenvalue weighted by Gasteiger charge is 2.26. The van der Waals surface area contributed by atoms with Gasteiger partial charge in [0.2, 0.25) is 10.0 Å². The second-order valence-corrected chi connectivity index (χ2v) is 8.71. The van der Waals surface area contributed by atoms with Crippen LogP contribution in [0.4, 0.5) is 14.5 Å². The van der Waals surface area contributed by atoms with Gasteiger partial charge in [-0.15, -0.1) is 0 Å². The Morgan fingerprint density at radius 3 is 2.35 bits per heavy atom. The number of amides is 1. The van der Waals surface area contributed by atoms with E-state index >= 15 is 0 Å². The molecule has 0 unspecified atom stereocenters. The van der Waals surface area contributed by atoms with Gasteiger partial charge in [-0.1, -0.05) is 30.3 Å². The van der Waals surface area contributed by atoms with E-state index in [4.69, 9.17) is 4.74 Å². The van der Waals surface area contributed by atoms with E-state index in [1.165, 1.54) is 38.4 Å². The summed E-state index contributed by atoms with van der Waals surface area (Å²) in [6.07, 6.45) is 0. The normalized spacial score (nSPS) is 11.4. The average molecular weight is 446 g/mol. The smallest absolute Gasteiger partial charge is 0.255 e. The lowest BCUT2D eigenvalue weighted by atomic mass is 10.2. The summed E-state index contributed by atoms with van der Waals surface area (Å²) < 4.78 is 59.1. The van der Waals surface area contributed by atoms with Crippen molar-refractivity contribution in [3.63, 3.8) is 0 Å². The van der Waals surface area contributed by atoms with Crippen molar-refractivity contribution in [2.75, 3.05) is 19.5 Å². The van der Waals surface area contributed by atoms with Crippen LogP contribution in [0.3, 0.4) is 0 Å². The van der Waals surface area contributed by atoms with Crippen LogP contribution in [-0.2, 0) is 16.6 Å². The minimum absolute atomic E-state index is 0.0113. The zero-order valence-electron chi connectivity index (χ0n) is 16.8. The molecule has 0 aliphatic heterocycles. The quantitative estimate of drug-likeness (QED) is 0.594. The summed E-state index contributed by atoms with van der Waals surface area (Å²) in [5.41, 5.74) is 0.835. The second-order valence-electron chi connectivity index (χ2n) is 6.70. The molecule has 0 bridgehead atoms. The Morgan fingerprint density at radius 2 is 1.71 bits per heavy atom. The molecule has 3 rings (SSSR count). The number of ether oxygens (including phenoxy) is 1. The summed E-state index contributed by atoms with van der Waals surface area (Å²) in [4.78, 5) is 12.4. The van der Waals surface area contributed by atoms with Crippen molar-refractivity contribution < 1.29 is 26.7 Å². The highest BCUT2D eigenvalue weighted by atomic mass is 32.2. The fourth-order valence-electron chi connectivity index (χ4n) is 2.89. The van der Waals surface area contributed by atoms with Gasteiger partial charge >= 0.3 is 0 Å². The number of hydrogen-bond donors (Lipinski definition) is 1. The maximum Gasteiger partial charge on any atom is 0.255 e. The van der Waals surface area contributed by atoms with E-state index in [9.17, 15) is 22.0 Å². The number of nitrogens with one attached hydrogen (secondary N) is 1. The maximum atomic E-state index is 13.4. The van der Waals surface area contributed by atoms with E-state index in [0.717, 1.165) is 22.0 Å². The van der Waals surface area contributed by atoms with E-state index in [-0.39, 0.29) is 28.4 Å². The van der Waals surface area contributed by atoms with Gasteiger partial charge < -0.3 is 10.1 Å². The predicted octanol–water partition coefficient (Wildman–Crippen LogP) is 4.05. The summed E-state index contributed by atoms with van der Waals surface area (Å²) in [5, 5.41) is 2.42. The Hall–Kier alpha value is -3.30. The number of methoxy groups -OCH3 is 1. The number of carbonyl (C=O) groups is 1. The van der Waals surface area contributed by atoms with Crippen molar-refractivity contribution in [3.8, 4) is 5.75 Å². The van der Waals surface area contributed by atoms with Crippen molar-refractivity contribution >= 4 is 21.6 Å². The first-order valence-corrected chi connectivity index (χ1v) is 10.6. The second kappa shape index (κ2) is 9.23. The molecule has 0 fully saturated rings. The molecule has 0 aromatic heterocycles. The molecule has 0 atom stereocenters. The van der Waals surface area contributed by atoms with Crippen molar-refractivity contribution in [2.45, 2.75) is 11.4 Å². The number of sulfonamides is 1. The van der Waals surface area contributed by atoms with Gasteiger partial charge in [0.05, 0.1) is 7.11 Å². The minimum Gasteiger partial charge on any atom is -0.495 e. The number of nitrogens with zero attached hydrogens (tertiary/aromatic N) is 1. The molecule has 0 spiro atoms. The van der Waals surface area contributed by atoms with Gasteiger partial charge in [-0.3, -0.25) is 4.79 Å². The molecular formula is C22H20F2N2O4S. The summed E-state index contributed by atoms with van der Waals surface area (Å²) in [5.74, 6) is -2.77. The summed E-state index contributed by atoms with van der Waals surface area (Å²) in [7, 11) is -1.25. The molecule has 162 valence electrons. The van der Waals surface area contributed by atoms with Crippen LogP contribution in [0, 0.1) is 11.6 Å². The standard InChI is InChI=1S/C22H20F2N2O4S/c1-26(14-15-6-4-3-5-7-15)31(28,29)21-12-16(8-11-20(21)30-2)22(27)25-17-9-10-18(23)19(24)13-17/h3-13H,14H2,1-2H3,(H,25,27). The van der Waals surface area contributed by atoms with E-state index in [1.807, 2.05) is 6.07 Å². The average Bonchev–Trinajstić information content (AvgIpc) is 2.76. The first-order valence-electron chi connectivity index (χ1n) is 9.17. The first kappa shape index (κ1) is 22.4. The number of hydrogen-bond acceptors (Lipinski definition) is 4. The number of anilines is 1. The Labute approximate surface area is 179 Å². The molecule has 6 nitrogen and oxygen atoms in total. The molecular weight excluding hydrogens is 426 g/mol. The fourth-order valence-corrected chi connectivity index (χ4v) is 4.23. The van der Waals surface area contributed by atoms with Gasteiger partial charge in [0, 0.05) is 30.9 Å². The van der Waals surface area contributed by atoms with Gasteiger partial charge in [-0.05, 0) is 35.9 Å². The third-order valence-electron chi connectivity index (χ3n) is 4.54. The molecule has 3 aromatic carbocycles. The molecule has 1 amide bonds. The van der Waals surface area contributed by atoms with Gasteiger partial charge in [-0.25, -0.2) is 17.2 Å². The van der Waals surface area contributed by atoms with Crippen LogP contribution in [-0.4, -0.2) is 32.8 Å². The summed E-state index contributed by atoms with van der Waals surface area (Å²) in [6.45, 7) is 0.123. The van der Waals surface area contributed by atoms with Crippen LogP contribution in [0.2, 0.25) is 0 Å². The first-order chi connectivity index (χ1) is 14.7. The van der Waals surface area contributed by atoms with Crippen LogP contribution in [0.1, 0.15) is 15.9 Å². The van der Waals surface area contributed by atoms with Crippen molar-refractivity contribution in [1.29, 1.82) is 0 Å². The Morgan fingerprint density at radius 1 is 1.00 bits per heavy atom. The van der Waals surface area contributed by atoms with Crippen LogP contribution >= 0.6 is 0 Å². The molecule has 0 aliphatic rings. The number of halogens is 2. The molecule has 9 heteroatoms. The predicted molar refractivity (Wildman–Crippen MR) is 112 cm³/mol. The molecule has 0 saturated heterocycles. The van der Waals surface area contributed by atoms with E-state index in [1.54, 1.807) is 24.3 Å². The molecule has 31 heavy (non-hydrogen) atoms. The molecule has 3 aromatic rings. The fraction of sp³-hybridized carbons (Fsp3) is 0.136. The van der Waals surface area contributed by atoms with Crippen LogP contribution in [0.5, 0.6) is 5.75 Å². The van der Waals surface area contributed by atoms with Crippen LogP contribution in [0.25, 0.3) is 0 Å². The highest BCUT2D eigenvalue weighted by molar-refractivity contribution is 7.89. The largest absolute Gasteiger partial charge is 0.495 e. The lowest BCUT2D eigenvalue weighted by Gasteiger charge is -2.19. The zero-order chi connectivity index (χ0) is 22.6. The van der Waals surface area contributed by atoms with Gasteiger partial charge in [-0.2, -0.15) is 4.31 Å². The number of carbonyl (C=O) groups excluding carboxylic acids is 1. The van der Waals surface area contributed by atoms with Gasteiger partial charge in [0.1, 0.15) is 10.6 Å². The van der Waals surface area contributed by atoms with E-state index < -0.39 is 27.6 Å². The molecule has 0 radical (unpaired) electrons. The zero-order valence-corrected chi connectivity index (χ0v) is 17.6. The van der Waals surface area contributed by atoms with Crippen LogP contribution in [0.15, 0.2) is 71.6 Å². The number of rotatable bonds is 7. The minimum atomic E-state index is -4.00. The van der Waals surface area contributed by atoms with Crippen molar-refractivity contribution in [3.05, 3.63) is 89.5 Å². The Bertz CT molecular complexity index is 1200. The monoisotopic (exact) mass is 446 g/mol. The van der Waals surface area contributed by atoms with Crippen molar-refractivity contribution in [1.82, 2.24) is 4.31 Å². The van der Waals surface area contributed by atoms with E-state index in [2.05, 4.69) is 5.32 Å². The van der Waals surface area contributed by atoms with Crippen LogP contribution < -0.4 is 10.1 Å². The molecule has 1 N–H and O–H groups in total. The summed E-state index contributed by atoms with van der Waals surface area (Å²) >= 11 is 0. The lowest BCUT2D eigenvalue weighted by Crippen LogP contribution is -2.27. The van der Waals surface area contributed by atoms with Crippen molar-refractivity contribution in [2.24, 2.45) is 0 Å². The molecule has 0 saturated carbocycles. The third kappa shape index (κ3) is 5.07. The lowest BCUT2D eigenvalue weighted by molar-refractivity contribution is 0.102. The van der Waals surface area contributed by atoms with E-state index in [0.29, 0.717) is 0 Å². The van der Waals surface area contributed by atoms with Gasteiger partial charge in [0.25, 0.3) is 5.91 Å². The Kier molecular flexibility index (Phi) is 6.67. The maximum absolute atomic E-state index is 13.4. The topological polar surface area (TPSA) is 75.7 Å². The third-order valence-corrected chi connectivity index (χ3v) is 6.36. The SMILES string of the molecule is COc1ccc(C(=O)Nc2ccc(F)c(F)c2)cc1S(=O)(=O)N(C)Cc1ccccc1.